The van der Waals surface area contributed by atoms with Crippen molar-refractivity contribution in [2.75, 3.05) is 0 Å². The first kappa shape index (κ1) is 18.6. The summed E-state index contributed by atoms with van der Waals surface area (Å²) in [6.45, 7) is 9.49. The first-order chi connectivity index (χ1) is 10.4. The Bertz CT molecular complexity index is 702. The highest BCUT2D eigenvalue weighted by atomic mass is 32.3. The molecular weight excluding hydrogens is 342 g/mol. The summed E-state index contributed by atoms with van der Waals surface area (Å²) in [4.78, 5) is 0. The van der Waals surface area contributed by atoms with E-state index >= 15 is 0 Å². The van der Waals surface area contributed by atoms with Gasteiger partial charge in [-0.15, -0.1) is 0 Å². The normalized spacial score (nSPS) is 19.9. The Morgan fingerprint density at radius 2 is 1.74 bits per heavy atom. The average Bonchev–Trinajstić information content (AvgIpc) is 2.58. The number of hydrogen-bond donors (Lipinski definition) is 1. The minimum absolute atomic E-state index is 0.133. The monoisotopic (exact) mass is 362 g/mol. The van der Waals surface area contributed by atoms with Crippen molar-refractivity contribution in [1.29, 1.82) is 0 Å². The van der Waals surface area contributed by atoms with Gasteiger partial charge in [0.15, 0.2) is 0 Å². The second kappa shape index (κ2) is 5.95. The molecule has 0 saturated carbocycles. The molecule has 128 valence electrons. The predicted molar refractivity (Wildman–Crippen MR) is 90.2 cm³/mol. The van der Waals surface area contributed by atoms with E-state index in [-0.39, 0.29) is 5.75 Å². The van der Waals surface area contributed by atoms with Crippen molar-refractivity contribution in [2.24, 2.45) is 0 Å². The third-order valence-electron chi connectivity index (χ3n) is 4.40. The Kier molecular flexibility index (Phi) is 4.80. The Hall–Kier alpha value is -0.765. The summed E-state index contributed by atoms with van der Waals surface area (Å²) in [6.07, 6.45) is 0. The second-order valence-electron chi connectivity index (χ2n) is 6.52. The molecule has 0 radical (unpaired) electrons. The van der Waals surface area contributed by atoms with Gasteiger partial charge in [-0.25, -0.2) is 0 Å². The van der Waals surface area contributed by atoms with Crippen LogP contribution in [0.5, 0.6) is 5.75 Å². The van der Waals surface area contributed by atoms with Gasteiger partial charge in [0, 0.05) is 5.75 Å². The topological polar surface area (TPSA) is 61.8 Å². The van der Waals surface area contributed by atoms with Crippen LogP contribution in [0, 0.1) is 6.92 Å². The Labute approximate surface area is 142 Å². The summed E-state index contributed by atoms with van der Waals surface area (Å²) < 4.78 is 50.6. The molecule has 0 atom stereocenters. The van der Waals surface area contributed by atoms with Crippen molar-refractivity contribution >= 4 is 35.7 Å². The maximum Gasteiger partial charge on any atom is 0.495 e. The molecule has 0 amide bonds. The molecule has 0 aromatic heterocycles. The van der Waals surface area contributed by atoms with Crippen LogP contribution >= 0.6 is 12.6 Å². The molecule has 1 aromatic carbocycles. The van der Waals surface area contributed by atoms with Crippen molar-refractivity contribution < 1.29 is 25.8 Å². The van der Waals surface area contributed by atoms with Gasteiger partial charge in [-0.3, -0.25) is 0 Å². The first-order valence-corrected chi connectivity index (χ1v) is 9.04. The number of benzene rings is 1. The Balaban J connectivity index is 2.48. The number of rotatable bonds is 4. The van der Waals surface area contributed by atoms with Crippen LogP contribution in [0.4, 0.5) is 3.89 Å². The molecule has 5 nitrogen and oxygen atoms in total. The van der Waals surface area contributed by atoms with Crippen molar-refractivity contribution in [3.05, 3.63) is 23.3 Å². The van der Waals surface area contributed by atoms with Crippen LogP contribution in [0.2, 0.25) is 0 Å². The molecule has 1 heterocycles. The van der Waals surface area contributed by atoms with Gasteiger partial charge in [-0.05, 0) is 63.3 Å². The van der Waals surface area contributed by atoms with Crippen LogP contribution in [-0.4, -0.2) is 26.7 Å². The van der Waals surface area contributed by atoms with E-state index in [2.05, 4.69) is 16.8 Å². The van der Waals surface area contributed by atoms with E-state index in [9.17, 15) is 12.3 Å². The zero-order chi connectivity index (χ0) is 17.6. The van der Waals surface area contributed by atoms with Crippen LogP contribution < -0.4 is 9.65 Å². The van der Waals surface area contributed by atoms with Gasteiger partial charge in [-0.1, -0.05) is 3.89 Å². The molecule has 1 aliphatic rings. The molecule has 23 heavy (non-hydrogen) atoms. The highest BCUT2D eigenvalue weighted by Gasteiger charge is 2.52. The van der Waals surface area contributed by atoms with Gasteiger partial charge in [-0.2, -0.15) is 21.0 Å². The van der Waals surface area contributed by atoms with Crippen LogP contribution in [0.25, 0.3) is 0 Å². The lowest BCUT2D eigenvalue weighted by molar-refractivity contribution is 0.00578. The van der Waals surface area contributed by atoms with Crippen molar-refractivity contribution in [1.82, 2.24) is 0 Å². The van der Waals surface area contributed by atoms with Crippen LogP contribution in [-0.2, 0) is 25.6 Å². The highest BCUT2D eigenvalue weighted by molar-refractivity contribution is 7.81. The van der Waals surface area contributed by atoms with E-state index in [0.717, 1.165) is 5.56 Å². The lowest BCUT2D eigenvalue weighted by atomic mass is 9.75. The van der Waals surface area contributed by atoms with E-state index in [1.165, 1.54) is 12.1 Å². The van der Waals surface area contributed by atoms with E-state index in [0.29, 0.717) is 16.8 Å². The van der Waals surface area contributed by atoms with Gasteiger partial charge < -0.3 is 13.5 Å². The Morgan fingerprint density at radius 3 is 2.17 bits per heavy atom. The molecular formula is C14H20BFO5S2. The van der Waals surface area contributed by atoms with Crippen molar-refractivity contribution in [3.8, 4) is 5.75 Å². The zero-order valence-corrected chi connectivity index (χ0v) is 15.4. The molecule has 1 aliphatic heterocycles. The largest absolute Gasteiger partial charge is 0.495 e. The maximum atomic E-state index is 12.8. The molecule has 1 saturated heterocycles. The summed E-state index contributed by atoms with van der Waals surface area (Å²) in [6, 6.07) is 2.86. The molecule has 0 aliphatic carbocycles. The standard InChI is InChI=1S/C14H20BFO5S2/c1-9-10(8-22)6-11(19-23(16,17)18)7-12(9)15-20-13(2,3)14(4,5)21-15/h6-7,22H,8H2,1-5H3. The fourth-order valence-corrected chi connectivity index (χ4v) is 2.97. The smallest absolute Gasteiger partial charge is 0.399 e. The van der Waals surface area contributed by atoms with Crippen LogP contribution in [0.15, 0.2) is 12.1 Å². The fraction of sp³-hybridized carbons (Fsp3) is 0.571. The first-order valence-electron chi connectivity index (χ1n) is 7.10. The molecule has 1 aromatic rings. The van der Waals surface area contributed by atoms with E-state index < -0.39 is 28.8 Å². The molecule has 1 fully saturated rings. The summed E-state index contributed by atoms with van der Waals surface area (Å²) in [5, 5.41) is 0. The van der Waals surface area contributed by atoms with Crippen molar-refractivity contribution in [2.45, 2.75) is 51.6 Å². The van der Waals surface area contributed by atoms with E-state index in [1.54, 1.807) is 0 Å². The minimum Gasteiger partial charge on any atom is -0.399 e. The zero-order valence-electron chi connectivity index (χ0n) is 13.7. The number of thiol groups is 1. The predicted octanol–water partition coefficient (Wildman–Crippen LogP) is 2.32. The maximum absolute atomic E-state index is 12.8. The molecule has 9 heteroatoms. The molecule has 0 unspecified atom stereocenters. The lowest BCUT2D eigenvalue weighted by Crippen LogP contribution is -2.41. The van der Waals surface area contributed by atoms with E-state index in [4.69, 9.17) is 9.31 Å². The third kappa shape index (κ3) is 3.84. The quantitative estimate of drug-likeness (QED) is 0.506. The molecule has 2 rings (SSSR count). The summed E-state index contributed by atoms with van der Waals surface area (Å²) >= 11 is 4.22. The average molecular weight is 362 g/mol. The van der Waals surface area contributed by atoms with Crippen molar-refractivity contribution in [3.63, 3.8) is 0 Å². The summed E-state index contributed by atoms with van der Waals surface area (Å²) in [5.74, 6) is 0.203. The third-order valence-corrected chi connectivity index (χ3v) is 5.13. The second-order valence-corrected chi connectivity index (χ2v) is 7.79. The molecule has 0 N–H and O–H groups in total. The number of hydrogen-bond acceptors (Lipinski definition) is 6. The van der Waals surface area contributed by atoms with Gasteiger partial charge >= 0.3 is 17.6 Å². The SMILES string of the molecule is Cc1c(CS)cc(OS(=O)(=O)F)cc1B1OC(C)(C)C(C)(C)O1. The molecule has 0 bridgehead atoms. The minimum atomic E-state index is -5.11. The highest BCUT2D eigenvalue weighted by Crippen LogP contribution is 2.37. The fourth-order valence-electron chi connectivity index (χ4n) is 2.31. The lowest BCUT2D eigenvalue weighted by Gasteiger charge is -2.32. The number of halogens is 1. The van der Waals surface area contributed by atoms with E-state index in [1.807, 2.05) is 34.6 Å². The van der Waals surface area contributed by atoms with Gasteiger partial charge in [0.1, 0.15) is 5.75 Å². The Morgan fingerprint density at radius 1 is 1.22 bits per heavy atom. The molecule has 0 spiro atoms. The summed E-state index contributed by atoms with van der Waals surface area (Å²) in [5.41, 5.74) is 1.04. The van der Waals surface area contributed by atoms with Gasteiger partial charge in [0.25, 0.3) is 0 Å². The van der Waals surface area contributed by atoms with Crippen LogP contribution in [0.3, 0.4) is 0 Å². The summed E-state index contributed by atoms with van der Waals surface area (Å²) in [7, 11) is -5.81. The van der Waals surface area contributed by atoms with Gasteiger partial charge in [0.2, 0.25) is 0 Å². The van der Waals surface area contributed by atoms with Gasteiger partial charge in [0.05, 0.1) is 11.2 Å². The van der Waals surface area contributed by atoms with Crippen LogP contribution in [0.1, 0.15) is 38.8 Å².